The number of nitrogens with zero attached hydrogens (tertiary/aromatic N) is 2. The Morgan fingerprint density at radius 3 is 2.79 bits per heavy atom. The summed E-state index contributed by atoms with van der Waals surface area (Å²) in [6.45, 7) is 6.59. The summed E-state index contributed by atoms with van der Waals surface area (Å²) in [5.74, 6) is 0.813. The number of sulfone groups is 1. The van der Waals surface area contributed by atoms with E-state index in [0.717, 1.165) is 12.5 Å². The van der Waals surface area contributed by atoms with Crippen molar-refractivity contribution in [2.45, 2.75) is 20.0 Å². The lowest BCUT2D eigenvalue weighted by molar-refractivity contribution is -0.00827. The second kappa shape index (κ2) is 7.98. The predicted octanol–water partition coefficient (Wildman–Crippen LogP) is 1.30. The first-order valence-corrected chi connectivity index (χ1v) is 10.2. The van der Waals surface area contributed by atoms with Crippen molar-refractivity contribution in [3.05, 3.63) is 34.9 Å². The molecule has 1 aromatic carbocycles. The van der Waals surface area contributed by atoms with Crippen molar-refractivity contribution in [3.8, 4) is 0 Å². The first-order valence-electron chi connectivity index (χ1n) is 8.12. The Kier molecular flexibility index (Phi) is 6.23. The molecular formula is C17H27N3O3S. The fourth-order valence-electron chi connectivity index (χ4n) is 2.90. The van der Waals surface area contributed by atoms with Crippen LogP contribution in [0.15, 0.2) is 23.2 Å². The molecule has 1 N–H and O–H groups in total. The Morgan fingerprint density at radius 1 is 1.42 bits per heavy atom. The van der Waals surface area contributed by atoms with Gasteiger partial charge in [-0.15, -0.1) is 0 Å². The van der Waals surface area contributed by atoms with E-state index in [1.807, 2.05) is 0 Å². The lowest BCUT2D eigenvalue weighted by Crippen LogP contribution is -2.49. The normalized spacial score (nSPS) is 19.4. The number of hydrogen-bond acceptors (Lipinski definition) is 4. The van der Waals surface area contributed by atoms with E-state index in [-0.39, 0.29) is 11.9 Å². The van der Waals surface area contributed by atoms with Crippen LogP contribution in [0.4, 0.5) is 0 Å². The SMILES string of the molecule is CN=C(NCCS(C)(=O)=O)N1CCOC(c2ccc(C)cc2C)C1. The molecule has 0 saturated carbocycles. The van der Waals surface area contributed by atoms with E-state index in [4.69, 9.17) is 4.74 Å². The van der Waals surface area contributed by atoms with Crippen molar-refractivity contribution in [3.63, 3.8) is 0 Å². The van der Waals surface area contributed by atoms with Gasteiger partial charge in [-0.2, -0.15) is 0 Å². The van der Waals surface area contributed by atoms with Crippen molar-refractivity contribution in [2.75, 3.05) is 45.3 Å². The van der Waals surface area contributed by atoms with E-state index in [1.165, 1.54) is 22.9 Å². The first kappa shape index (κ1) is 18.7. The Hall–Kier alpha value is -1.60. The van der Waals surface area contributed by atoms with Gasteiger partial charge < -0.3 is 15.0 Å². The molecule has 1 unspecified atom stereocenters. The number of aliphatic imine (C=N–C) groups is 1. The van der Waals surface area contributed by atoms with Gasteiger partial charge in [0.2, 0.25) is 0 Å². The molecule has 0 aromatic heterocycles. The van der Waals surface area contributed by atoms with Crippen LogP contribution >= 0.6 is 0 Å². The molecule has 0 amide bonds. The molecule has 1 aliphatic rings. The standard InChI is InChI=1S/C17H27N3O3S/c1-13-5-6-15(14(2)11-13)16-12-20(8-9-23-16)17(18-3)19-7-10-24(4,21)22/h5-6,11,16H,7-10,12H2,1-4H3,(H,18,19). The van der Waals surface area contributed by atoms with Crippen LogP contribution in [0.2, 0.25) is 0 Å². The summed E-state index contributed by atoms with van der Waals surface area (Å²) in [5, 5.41) is 3.13. The number of guanidine groups is 1. The highest BCUT2D eigenvalue weighted by Gasteiger charge is 2.25. The molecule has 1 atom stereocenters. The summed E-state index contributed by atoms with van der Waals surface area (Å²) < 4.78 is 28.5. The van der Waals surface area contributed by atoms with E-state index >= 15 is 0 Å². The number of rotatable bonds is 4. The van der Waals surface area contributed by atoms with Crippen molar-refractivity contribution < 1.29 is 13.2 Å². The van der Waals surface area contributed by atoms with Crippen LogP contribution in [0, 0.1) is 13.8 Å². The fraction of sp³-hybridized carbons (Fsp3) is 0.588. The maximum absolute atomic E-state index is 11.3. The van der Waals surface area contributed by atoms with E-state index in [2.05, 4.69) is 47.3 Å². The number of aryl methyl sites for hydroxylation is 2. The molecule has 24 heavy (non-hydrogen) atoms. The second-order valence-electron chi connectivity index (χ2n) is 6.27. The zero-order chi connectivity index (χ0) is 17.7. The Morgan fingerprint density at radius 2 is 2.17 bits per heavy atom. The minimum atomic E-state index is -2.98. The summed E-state index contributed by atoms with van der Waals surface area (Å²) >= 11 is 0. The van der Waals surface area contributed by atoms with Crippen molar-refractivity contribution in [2.24, 2.45) is 4.99 Å². The van der Waals surface area contributed by atoms with E-state index < -0.39 is 9.84 Å². The molecule has 1 saturated heterocycles. The van der Waals surface area contributed by atoms with Gasteiger partial charge in [0.15, 0.2) is 5.96 Å². The van der Waals surface area contributed by atoms with Crippen molar-refractivity contribution in [1.29, 1.82) is 0 Å². The van der Waals surface area contributed by atoms with Gasteiger partial charge in [-0.05, 0) is 25.0 Å². The summed E-state index contributed by atoms with van der Waals surface area (Å²) in [6, 6.07) is 6.39. The van der Waals surface area contributed by atoms with Gasteiger partial charge in [0.1, 0.15) is 15.9 Å². The molecule has 0 radical (unpaired) electrons. The predicted molar refractivity (Wildman–Crippen MR) is 97.3 cm³/mol. The third kappa shape index (κ3) is 5.21. The molecule has 1 fully saturated rings. The average Bonchev–Trinajstić information content (AvgIpc) is 2.50. The summed E-state index contributed by atoms with van der Waals surface area (Å²) in [7, 11) is -1.27. The quantitative estimate of drug-likeness (QED) is 0.652. The largest absolute Gasteiger partial charge is 0.370 e. The number of hydrogen-bond donors (Lipinski definition) is 1. The molecule has 0 spiro atoms. The van der Waals surface area contributed by atoms with Gasteiger partial charge >= 0.3 is 0 Å². The minimum absolute atomic E-state index is 0.00666. The maximum Gasteiger partial charge on any atom is 0.193 e. The second-order valence-corrected chi connectivity index (χ2v) is 8.53. The molecule has 1 aromatic rings. The highest BCUT2D eigenvalue weighted by atomic mass is 32.2. The minimum Gasteiger partial charge on any atom is -0.370 e. The number of benzene rings is 1. The molecule has 2 rings (SSSR count). The third-order valence-electron chi connectivity index (χ3n) is 4.11. The lowest BCUT2D eigenvalue weighted by atomic mass is 10.00. The van der Waals surface area contributed by atoms with Crippen LogP contribution in [0.3, 0.4) is 0 Å². The van der Waals surface area contributed by atoms with Gasteiger partial charge in [-0.25, -0.2) is 8.42 Å². The molecule has 6 nitrogen and oxygen atoms in total. The molecule has 0 aliphatic carbocycles. The molecular weight excluding hydrogens is 326 g/mol. The maximum atomic E-state index is 11.3. The average molecular weight is 353 g/mol. The van der Waals surface area contributed by atoms with Gasteiger partial charge in [0.05, 0.1) is 18.9 Å². The smallest absolute Gasteiger partial charge is 0.193 e. The van der Waals surface area contributed by atoms with E-state index in [0.29, 0.717) is 19.7 Å². The summed E-state index contributed by atoms with van der Waals surface area (Å²) in [6.07, 6.45) is 1.23. The van der Waals surface area contributed by atoms with Crippen LogP contribution in [-0.2, 0) is 14.6 Å². The molecule has 1 aliphatic heterocycles. The molecule has 0 bridgehead atoms. The third-order valence-corrected chi connectivity index (χ3v) is 5.05. The van der Waals surface area contributed by atoms with Crippen LogP contribution < -0.4 is 5.32 Å². The van der Waals surface area contributed by atoms with Gasteiger partial charge in [-0.1, -0.05) is 23.8 Å². The van der Waals surface area contributed by atoms with Crippen molar-refractivity contribution in [1.82, 2.24) is 10.2 Å². The van der Waals surface area contributed by atoms with Crippen LogP contribution in [-0.4, -0.2) is 64.6 Å². The van der Waals surface area contributed by atoms with Gasteiger partial charge in [-0.3, -0.25) is 4.99 Å². The van der Waals surface area contributed by atoms with Gasteiger partial charge in [0, 0.05) is 26.4 Å². The molecule has 1 heterocycles. The number of ether oxygens (including phenoxy) is 1. The fourth-order valence-corrected chi connectivity index (χ4v) is 3.37. The molecule has 7 heteroatoms. The van der Waals surface area contributed by atoms with E-state index in [1.54, 1.807) is 7.05 Å². The van der Waals surface area contributed by atoms with Crippen molar-refractivity contribution >= 4 is 15.8 Å². The van der Waals surface area contributed by atoms with Crippen LogP contribution in [0.25, 0.3) is 0 Å². The monoisotopic (exact) mass is 353 g/mol. The summed E-state index contributed by atoms with van der Waals surface area (Å²) in [5.41, 5.74) is 3.65. The van der Waals surface area contributed by atoms with Gasteiger partial charge in [0.25, 0.3) is 0 Å². The zero-order valence-corrected chi connectivity index (χ0v) is 15.7. The number of morpholine rings is 1. The Labute approximate surface area is 144 Å². The first-order chi connectivity index (χ1) is 11.3. The number of nitrogens with one attached hydrogen (secondary N) is 1. The highest BCUT2D eigenvalue weighted by Crippen LogP contribution is 2.25. The topological polar surface area (TPSA) is 71.0 Å². The Bertz CT molecular complexity index is 701. The lowest BCUT2D eigenvalue weighted by Gasteiger charge is -2.35. The van der Waals surface area contributed by atoms with Crippen LogP contribution in [0.1, 0.15) is 22.8 Å². The molecule has 134 valence electrons. The zero-order valence-electron chi connectivity index (χ0n) is 14.9. The van der Waals surface area contributed by atoms with Crippen LogP contribution in [0.5, 0.6) is 0 Å². The summed E-state index contributed by atoms with van der Waals surface area (Å²) in [4.78, 5) is 6.40. The van der Waals surface area contributed by atoms with E-state index in [9.17, 15) is 8.42 Å². The highest BCUT2D eigenvalue weighted by molar-refractivity contribution is 7.90. The Balaban J connectivity index is 2.03.